The van der Waals surface area contributed by atoms with E-state index in [4.69, 9.17) is 20.7 Å². The number of hydrogen-bond donors (Lipinski definition) is 1. The van der Waals surface area contributed by atoms with Crippen LogP contribution in [0.25, 0.3) is 17.4 Å². The second-order valence-electron chi connectivity index (χ2n) is 5.14. The number of nitro benzene ring substituents is 1. The second-order valence-corrected chi connectivity index (χ2v) is 5.14. The summed E-state index contributed by atoms with van der Waals surface area (Å²) >= 11 is 0. The van der Waals surface area contributed by atoms with Gasteiger partial charge in [0.1, 0.15) is 29.7 Å². The highest BCUT2D eigenvalue weighted by molar-refractivity contribution is 5.69. The van der Waals surface area contributed by atoms with Crippen LogP contribution in [0.15, 0.2) is 51.6 Å². The molecule has 2 rings (SSSR count). The van der Waals surface area contributed by atoms with E-state index in [1.807, 2.05) is 6.07 Å². The highest BCUT2D eigenvalue weighted by atomic mass is 16.6. The predicted molar refractivity (Wildman–Crippen MR) is 91.6 cm³/mol. The third kappa shape index (κ3) is 3.59. The molecule has 0 amide bonds. The molecule has 0 unspecified atom stereocenters. The maximum absolute atomic E-state index is 10.9. The Morgan fingerprint density at radius 3 is 2.46 bits per heavy atom. The van der Waals surface area contributed by atoms with Crippen molar-refractivity contribution >= 4 is 11.8 Å². The number of nitrogens with zero attached hydrogens (tertiary/aromatic N) is 4. The molecule has 0 atom stereocenters. The zero-order valence-electron chi connectivity index (χ0n) is 13.6. The lowest BCUT2D eigenvalue weighted by Crippen LogP contribution is -2.03. The number of aryl methyl sites for hydroxylation is 1. The fraction of sp³-hybridized carbons (Fsp3) is 0.0556. The summed E-state index contributed by atoms with van der Waals surface area (Å²) in [6.45, 7) is 1.78. The van der Waals surface area contributed by atoms with Crippen molar-refractivity contribution in [2.24, 2.45) is 5.73 Å². The molecular weight excluding hydrogens is 334 g/mol. The van der Waals surface area contributed by atoms with Crippen molar-refractivity contribution in [3.63, 3.8) is 0 Å². The zero-order valence-corrected chi connectivity index (χ0v) is 13.6. The summed E-state index contributed by atoms with van der Waals surface area (Å²) in [7, 11) is 0. The van der Waals surface area contributed by atoms with Crippen LogP contribution in [0, 0.1) is 51.0 Å². The average molecular weight is 345 g/mol. The minimum absolute atomic E-state index is 0.0725. The minimum Gasteiger partial charge on any atom is -0.457 e. The highest BCUT2D eigenvalue weighted by Crippen LogP contribution is 2.30. The number of non-ortho nitro benzene ring substituents is 1. The third-order valence-corrected chi connectivity index (χ3v) is 3.51. The van der Waals surface area contributed by atoms with Gasteiger partial charge in [-0.05, 0) is 24.6 Å². The fourth-order valence-corrected chi connectivity index (χ4v) is 2.16. The van der Waals surface area contributed by atoms with Crippen molar-refractivity contribution in [3.8, 4) is 29.5 Å². The number of nitro groups is 1. The van der Waals surface area contributed by atoms with Gasteiger partial charge in [-0.25, -0.2) is 0 Å². The van der Waals surface area contributed by atoms with Crippen molar-refractivity contribution in [2.45, 2.75) is 6.92 Å². The number of nitriles is 3. The SMILES string of the molecule is Cc1ccc([N+](=O)[O-])cc1-c1ccc(/C=C(\C#N)C(N)=C(C#N)C#N)o1. The van der Waals surface area contributed by atoms with E-state index < -0.39 is 4.92 Å². The molecule has 8 heteroatoms. The number of furan rings is 1. The van der Waals surface area contributed by atoms with Gasteiger partial charge in [0.05, 0.1) is 16.2 Å². The molecule has 126 valence electrons. The number of benzene rings is 1. The number of allylic oxidation sites excluding steroid dienone is 2. The van der Waals surface area contributed by atoms with Crippen LogP contribution in [0.5, 0.6) is 0 Å². The molecule has 0 spiro atoms. The van der Waals surface area contributed by atoms with Crippen molar-refractivity contribution in [1.29, 1.82) is 15.8 Å². The molecule has 8 nitrogen and oxygen atoms in total. The van der Waals surface area contributed by atoms with Gasteiger partial charge in [-0.3, -0.25) is 10.1 Å². The summed E-state index contributed by atoms with van der Waals surface area (Å²) in [6.07, 6.45) is 1.29. The van der Waals surface area contributed by atoms with Gasteiger partial charge in [-0.15, -0.1) is 0 Å². The highest BCUT2D eigenvalue weighted by Gasteiger charge is 2.14. The minimum atomic E-state index is -0.503. The topological polar surface area (TPSA) is 154 Å². The molecule has 0 fully saturated rings. The summed E-state index contributed by atoms with van der Waals surface area (Å²) in [5, 5.41) is 37.8. The van der Waals surface area contributed by atoms with Crippen LogP contribution in [0.2, 0.25) is 0 Å². The van der Waals surface area contributed by atoms with Crippen LogP contribution in [-0.4, -0.2) is 4.92 Å². The van der Waals surface area contributed by atoms with E-state index in [1.165, 1.54) is 18.2 Å². The summed E-state index contributed by atoms with van der Waals surface area (Å²) in [5.74, 6) is 0.624. The molecule has 1 aromatic heterocycles. The van der Waals surface area contributed by atoms with Crippen molar-refractivity contribution in [3.05, 3.63) is 68.6 Å². The van der Waals surface area contributed by atoms with Gasteiger partial charge >= 0.3 is 0 Å². The first kappa shape index (κ1) is 18.0. The predicted octanol–water partition coefficient (Wildman–Crippen LogP) is 3.33. The van der Waals surface area contributed by atoms with Crippen LogP contribution in [0.1, 0.15) is 11.3 Å². The van der Waals surface area contributed by atoms with Gasteiger partial charge in [0.15, 0.2) is 5.57 Å². The van der Waals surface area contributed by atoms with Crippen molar-refractivity contribution in [1.82, 2.24) is 0 Å². The fourth-order valence-electron chi connectivity index (χ4n) is 2.16. The molecule has 1 heterocycles. The van der Waals surface area contributed by atoms with E-state index in [0.29, 0.717) is 11.3 Å². The molecule has 26 heavy (non-hydrogen) atoms. The lowest BCUT2D eigenvalue weighted by atomic mass is 10.1. The monoisotopic (exact) mass is 345 g/mol. The molecule has 0 bridgehead atoms. The number of nitrogens with two attached hydrogens (primary N) is 1. The Bertz CT molecular complexity index is 1060. The van der Waals surface area contributed by atoms with Crippen molar-refractivity contribution < 1.29 is 9.34 Å². The second kappa shape index (κ2) is 7.48. The number of rotatable bonds is 4. The molecular formula is C18H11N5O3. The van der Waals surface area contributed by atoms with Gasteiger partial charge in [0.2, 0.25) is 0 Å². The van der Waals surface area contributed by atoms with Crippen LogP contribution >= 0.6 is 0 Å². The lowest BCUT2D eigenvalue weighted by Gasteiger charge is -2.02. The van der Waals surface area contributed by atoms with Crippen LogP contribution in [-0.2, 0) is 0 Å². The molecule has 0 aliphatic carbocycles. The van der Waals surface area contributed by atoms with Crippen LogP contribution < -0.4 is 5.73 Å². The molecule has 0 aliphatic heterocycles. The molecule has 0 radical (unpaired) electrons. The molecule has 0 aliphatic rings. The van der Waals surface area contributed by atoms with Gasteiger partial charge in [-0.1, -0.05) is 6.07 Å². The maximum Gasteiger partial charge on any atom is 0.270 e. The normalized spacial score (nSPS) is 10.3. The Hall–Kier alpha value is -4.35. The molecule has 2 aromatic rings. The largest absolute Gasteiger partial charge is 0.457 e. The average Bonchev–Trinajstić information content (AvgIpc) is 3.09. The molecule has 0 saturated heterocycles. The van der Waals surface area contributed by atoms with Gasteiger partial charge < -0.3 is 10.2 Å². The van der Waals surface area contributed by atoms with Gasteiger partial charge in [-0.2, -0.15) is 15.8 Å². The van der Waals surface area contributed by atoms with E-state index in [-0.39, 0.29) is 28.3 Å². The van der Waals surface area contributed by atoms with Gasteiger partial charge in [0.25, 0.3) is 5.69 Å². The quantitative estimate of drug-likeness (QED) is 0.385. The first-order chi connectivity index (χ1) is 12.4. The number of hydrogen-bond acceptors (Lipinski definition) is 7. The first-order valence-electron chi connectivity index (χ1n) is 7.18. The summed E-state index contributed by atoms with van der Waals surface area (Å²) in [5.41, 5.74) is 6.18. The molecule has 2 N–H and O–H groups in total. The Balaban J connectivity index is 2.49. The smallest absolute Gasteiger partial charge is 0.270 e. The Morgan fingerprint density at radius 2 is 1.88 bits per heavy atom. The Kier molecular flexibility index (Phi) is 5.18. The third-order valence-electron chi connectivity index (χ3n) is 3.51. The summed E-state index contributed by atoms with van der Waals surface area (Å²) < 4.78 is 5.62. The van der Waals surface area contributed by atoms with Crippen LogP contribution in [0.4, 0.5) is 5.69 Å². The summed E-state index contributed by atoms with van der Waals surface area (Å²) in [6, 6.07) is 12.6. The van der Waals surface area contributed by atoms with Gasteiger partial charge in [0, 0.05) is 23.8 Å². The Morgan fingerprint density at radius 1 is 1.19 bits per heavy atom. The van der Waals surface area contributed by atoms with E-state index in [1.54, 1.807) is 37.3 Å². The molecule has 0 saturated carbocycles. The Labute approximate surface area is 148 Å². The standard InChI is InChI=1S/C18H11N5O3/c1-11-2-3-14(23(24)25)7-16(11)17-5-4-15(26-17)6-12(8-19)18(22)13(9-20)10-21/h2-7H,22H2,1H3/b12-6+. The lowest BCUT2D eigenvalue weighted by molar-refractivity contribution is -0.384. The molecule has 1 aromatic carbocycles. The van der Waals surface area contributed by atoms with Crippen molar-refractivity contribution in [2.75, 3.05) is 0 Å². The summed E-state index contributed by atoms with van der Waals surface area (Å²) in [4.78, 5) is 10.4. The maximum atomic E-state index is 10.9. The first-order valence-corrected chi connectivity index (χ1v) is 7.18. The zero-order chi connectivity index (χ0) is 19.3. The van der Waals surface area contributed by atoms with E-state index in [2.05, 4.69) is 0 Å². The van der Waals surface area contributed by atoms with E-state index in [0.717, 1.165) is 5.56 Å². The van der Waals surface area contributed by atoms with E-state index in [9.17, 15) is 15.4 Å². The van der Waals surface area contributed by atoms with Crippen LogP contribution in [0.3, 0.4) is 0 Å². The van der Waals surface area contributed by atoms with E-state index >= 15 is 0 Å².